The molecule has 0 spiro atoms. The van der Waals surface area contributed by atoms with Crippen LogP contribution in [0.4, 0.5) is 0 Å². The van der Waals surface area contributed by atoms with Crippen LogP contribution in [-0.4, -0.2) is 19.9 Å². The maximum absolute atomic E-state index is 9.70. The fourth-order valence-electron chi connectivity index (χ4n) is 8.23. The molecule has 0 N–H and O–H groups in total. The van der Waals surface area contributed by atoms with E-state index < -0.39 is 0 Å². The number of hydrogen-bond acceptors (Lipinski definition) is 5. The Balaban J connectivity index is 1.13. The van der Waals surface area contributed by atoms with Gasteiger partial charge in [0.1, 0.15) is 0 Å². The molecule has 5 heteroatoms. The van der Waals surface area contributed by atoms with Gasteiger partial charge in [0, 0.05) is 39.4 Å². The van der Waals surface area contributed by atoms with Crippen molar-refractivity contribution in [2.45, 2.75) is 19.3 Å². The van der Waals surface area contributed by atoms with Gasteiger partial charge in [0.2, 0.25) is 0 Å². The maximum Gasteiger partial charge on any atom is 0.164 e. The van der Waals surface area contributed by atoms with Gasteiger partial charge in [-0.05, 0) is 92.5 Å². The molecule has 0 radical (unpaired) electrons. The number of rotatable bonds is 7. The predicted octanol–water partition coefficient (Wildman–Crippen LogP) is 13.1. The van der Waals surface area contributed by atoms with E-state index in [2.05, 4.69) is 135 Å². The van der Waals surface area contributed by atoms with Gasteiger partial charge in [-0.2, -0.15) is 5.26 Å². The quantitative estimate of drug-likeness (QED) is 0.162. The molecule has 0 aliphatic heterocycles. The lowest BCUT2D eigenvalue weighted by Crippen LogP contribution is -2.15. The molecule has 278 valence electrons. The van der Waals surface area contributed by atoms with Gasteiger partial charge in [0.25, 0.3) is 0 Å². The number of pyridine rings is 1. The molecule has 2 heterocycles. The third kappa shape index (κ3) is 6.67. The molecule has 10 rings (SSSR count). The van der Waals surface area contributed by atoms with Gasteiger partial charge in [0.15, 0.2) is 17.5 Å². The second kappa shape index (κ2) is 14.6. The summed E-state index contributed by atoms with van der Waals surface area (Å²) in [5.41, 5.74) is 16.2. The minimum atomic E-state index is -0.240. The van der Waals surface area contributed by atoms with Crippen LogP contribution in [0.25, 0.3) is 89.9 Å². The first-order valence-electron chi connectivity index (χ1n) is 19.8. The monoisotopic (exact) mass is 755 g/mol. The van der Waals surface area contributed by atoms with Gasteiger partial charge >= 0.3 is 0 Å². The third-order valence-corrected chi connectivity index (χ3v) is 11.4. The molecule has 0 saturated carbocycles. The first-order valence-corrected chi connectivity index (χ1v) is 19.8. The van der Waals surface area contributed by atoms with Gasteiger partial charge < -0.3 is 0 Å². The van der Waals surface area contributed by atoms with Crippen LogP contribution < -0.4 is 0 Å². The Labute approximate surface area is 344 Å². The van der Waals surface area contributed by atoms with E-state index in [-0.39, 0.29) is 5.41 Å². The Bertz CT molecular complexity index is 3040. The van der Waals surface area contributed by atoms with E-state index in [0.29, 0.717) is 23.0 Å². The molecule has 0 unspecified atom stereocenters. The topological polar surface area (TPSA) is 75.3 Å². The Hall–Kier alpha value is -7.81. The Morgan fingerprint density at radius 3 is 1.53 bits per heavy atom. The number of fused-ring (bicyclic) bond motifs is 3. The van der Waals surface area contributed by atoms with Crippen molar-refractivity contribution < 1.29 is 0 Å². The summed E-state index contributed by atoms with van der Waals surface area (Å²) >= 11 is 0. The van der Waals surface area contributed by atoms with E-state index in [4.69, 9.17) is 19.9 Å². The minimum absolute atomic E-state index is 0.240. The van der Waals surface area contributed by atoms with Crippen LogP contribution in [-0.2, 0) is 5.41 Å². The molecular formula is C54H37N5. The van der Waals surface area contributed by atoms with Gasteiger partial charge in [-0.3, -0.25) is 4.98 Å². The normalized spacial score (nSPS) is 12.4. The Kier molecular flexibility index (Phi) is 8.81. The summed E-state index contributed by atoms with van der Waals surface area (Å²) in [7, 11) is 0. The summed E-state index contributed by atoms with van der Waals surface area (Å²) in [6.07, 6.45) is 1.95. The van der Waals surface area contributed by atoms with Crippen LogP contribution in [0.2, 0.25) is 0 Å². The average molecular weight is 756 g/mol. The van der Waals surface area contributed by atoms with E-state index >= 15 is 0 Å². The molecule has 0 atom stereocenters. The largest absolute Gasteiger partial charge is 0.256 e. The molecule has 5 nitrogen and oxygen atoms in total. The molecule has 0 amide bonds. The lowest BCUT2D eigenvalue weighted by molar-refractivity contribution is 0.660. The van der Waals surface area contributed by atoms with E-state index in [1.54, 1.807) is 0 Å². The maximum atomic E-state index is 9.70. The predicted molar refractivity (Wildman–Crippen MR) is 238 cm³/mol. The molecule has 1 aliphatic carbocycles. The molecular weight excluding hydrogens is 719 g/mol. The number of hydrogen-bond donors (Lipinski definition) is 0. The standard InChI is InChI=1S/C54H37N5/c1-54(2)48-26-18-35(33-55)28-47(48)46-25-23-41(32-49(46)54)43-29-44(42-24-27-50(56-34-42)38-14-8-4-9-15-38)31-45(30-43)53-58-51(39-16-10-5-11-17-39)57-52(59-53)40-21-19-37(20-22-40)36-12-6-3-7-13-36/h3-32,34H,1-2H3. The van der Waals surface area contributed by atoms with Crippen LogP contribution in [0.5, 0.6) is 0 Å². The fraction of sp³-hybridized carbons (Fsp3) is 0.0556. The molecule has 2 aromatic heterocycles. The van der Waals surface area contributed by atoms with E-state index in [1.165, 1.54) is 11.1 Å². The Morgan fingerprint density at radius 2 is 0.898 bits per heavy atom. The van der Waals surface area contributed by atoms with Crippen LogP contribution in [0.1, 0.15) is 30.5 Å². The van der Waals surface area contributed by atoms with Gasteiger partial charge in [-0.25, -0.2) is 15.0 Å². The van der Waals surface area contributed by atoms with Crippen LogP contribution in [0, 0.1) is 11.3 Å². The van der Waals surface area contributed by atoms with Gasteiger partial charge in [0.05, 0.1) is 17.3 Å². The molecule has 59 heavy (non-hydrogen) atoms. The second-order valence-corrected chi connectivity index (χ2v) is 15.5. The fourth-order valence-corrected chi connectivity index (χ4v) is 8.23. The van der Waals surface area contributed by atoms with Crippen LogP contribution in [0.15, 0.2) is 188 Å². The molecule has 0 bridgehead atoms. The SMILES string of the molecule is CC1(C)c2ccc(C#N)cc2-c2ccc(-c3cc(-c4ccc(-c5ccccc5)nc4)cc(-c4nc(-c5ccccc5)nc(-c5ccc(-c6ccccc6)cc5)n4)c3)cc21. The van der Waals surface area contributed by atoms with Crippen LogP contribution >= 0.6 is 0 Å². The summed E-state index contributed by atoms with van der Waals surface area (Å²) in [6, 6.07) is 65.0. The highest BCUT2D eigenvalue weighted by atomic mass is 15.0. The highest BCUT2D eigenvalue weighted by Gasteiger charge is 2.35. The molecule has 7 aromatic carbocycles. The average Bonchev–Trinajstić information content (AvgIpc) is 3.54. The zero-order valence-electron chi connectivity index (χ0n) is 32.6. The van der Waals surface area contributed by atoms with E-state index in [0.717, 1.165) is 72.5 Å². The van der Waals surface area contributed by atoms with E-state index in [1.807, 2.05) is 72.9 Å². The molecule has 9 aromatic rings. The van der Waals surface area contributed by atoms with Gasteiger partial charge in [-0.15, -0.1) is 0 Å². The zero-order chi connectivity index (χ0) is 39.9. The summed E-state index contributed by atoms with van der Waals surface area (Å²) in [5, 5.41) is 9.70. The first kappa shape index (κ1) is 35.6. The van der Waals surface area contributed by atoms with Crippen molar-refractivity contribution in [2.75, 3.05) is 0 Å². The first-order chi connectivity index (χ1) is 28.9. The minimum Gasteiger partial charge on any atom is -0.256 e. The van der Waals surface area contributed by atoms with Crippen molar-refractivity contribution in [3.63, 3.8) is 0 Å². The van der Waals surface area contributed by atoms with Crippen molar-refractivity contribution >= 4 is 0 Å². The number of aromatic nitrogens is 4. The zero-order valence-corrected chi connectivity index (χ0v) is 32.6. The second-order valence-electron chi connectivity index (χ2n) is 15.5. The highest BCUT2D eigenvalue weighted by molar-refractivity contribution is 5.86. The van der Waals surface area contributed by atoms with Crippen molar-refractivity contribution in [1.82, 2.24) is 19.9 Å². The summed E-state index contributed by atoms with van der Waals surface area (Å²) in [5.74, 6) is 1.78. The summed E-state index contributed by atoms with van der Waals surface area (Å²) in [6.45, 7) is 4.53. The Morgan fingerprint density at radius 1 is 0.390 bits per heavy atom. The lowest BCUT2D eigenvalue weighted by atomic mass is 9.81. The van der Waals surface area contributed by atoms with Crippen molar-refractivity contribution in [3.8, 4) is 96.0 Å². The highest BCUT2D eigenvalue weighted by Crippen LogP contribution is 2.50. The summed E-state index contributed by atoms with van der Waals surface area (Å²) < 4.78 is 0. The molecule has 0 fully saturated rings. The van der Waals surface area contributed by atoms with Crippen molar-refractivity contribution in [3.05, 3.63) is 205 Å². The third-order valence-electron chi connectivity index (χ3n) is 11.4. The summed E-state index contributed by atoms with van der Waals surface area (Å²) in [4.78, 5) is 20.3. The molecule has 0 saturated heterocycles. The molecule has 1 aliphatic rings. The number of nitrogens with zero attached hydrogens (tertiary/aromatic N) is 5. The smallest absolute Gasteiger partial charge is 0.164 e. The lowest BCUT2D eigenvalue weighted by Gasteiger charge is -2.22. The number of nitriles is 1. The van der Waals surface area contributed by atoms with Crippen molar-refractivity contribution in [1.29, 1.82) is 5.26 Å². The van der Waals surface area contributed by atoms with Gasteiger partial charge in [-0.1, -0.05) is 153 Å². The van der Waals surface area contributed by atoms with Crippen molar-refractivity contribution in [2.24, 2.45) is 0 Å². The van der Waals surface area contributed by atoms with Crippen LogP contribution in [0.3, 0.4) is 0 Å². The number of benzene rings is 7. The van der Waals surface area contributed by atoms with E-state index in [9.17, 15) is 5.26 Å².